The number of rotatable bonds is 11. The highest BCUT2D eigenvalue weighted by atomic mass is 32.1. The quantitative estimate of drug-likeness (QED) is 0.438. The number of ether oxygens (including phenoxy) is 3. The van der Waals surface area contributed by atoms with E-state index >= 15 is 0 Å². The summed E-state index contributed by atoms with van der Waals surface area (Å²) < 4.78 is 29.4. The molecule has 0 bridgehead atoms. The maximum absolute atomic E-state index is 13.4. The molecule has 0 radical (unpaired) electrons. The van der Waals surface area contributed by atoms with E-state index in [1.54, 1.807) is 37.6 Å². The molecule has 1 amide bonds. The molecule has 0 saturated heterocycles. The lowest BCUT2D eigenvalue weighted by Gasteiger charge is -2.13. The molecule has 31 heavy (non-hydrogen) atoms. The van der Waals surface area contributed by atoms with Gasteiger partial charge in [0.05, 0.1) is 13.2 Å². The molecule has 164 valence electrons. The Labute approximate surface area is 183 Å². The van der Waals surface area contributed by atoms with E-state index in [0.717, 1.165) is 10.4 Å². The molecule has 0 aliphatic rings. The van der Waals surface area contributed by atoms with Crippen LogP contribution in [0.1, 0.15) is 20.8 Å². The van der Waals surface area contributed by atoms with Crippen LogP contribution in [0.15, 0.2) is 48.7 Å². The summed E-state index contributed by atoms with van der Waals surface area (Å²) in [5, 5.41) is 12.2. The number of halogens is 1. The molecule has 3 rings (SSSR count). The highest BCUT2D eigenvalue weighted by Crippen LogP contribution is 2.29. The predicted molar refractivity (Wildman–Crippen MR) is 116 cm³/mol. The van der Waals surface area contributed by atoms with Crippen LogP contribution < -0.4 is 14.8 Å². The Morgan fingerprint density at radius 3 is 2.74 bits per heavy atom. The van der Waals surface area contributed by atoms with Gasteiger partial charge in [-0.1, -0.05) is 12.1 Å². The maximum Gasteiger partial charge on any atom is 0.257 e. The van der Waals surface area contributed by atoms with Gasteiger partial charge in [0.25, 0.3) is 5.91 Å². The van der Waals surface area contributed by atoms with Gasteiger partial charge in [0.15, 0.2) is 16.6 Å². The molecule has 0 atom stereocenters. The summed E-state index contributed by atoms with van der Waals surface area (Å²) in [6.07, 6.45) is 2.19. The largest absolute Gasteiger partial charge is 0.487 e. The minimum Gasteiger partial charge on any atom is -0.487 e. The molecule has 7 nitrogen and oxygen atoms in total. The van der Waals surface area contributed by atoms with Gasteiger partial charge in [0.1, 0.15) is 19.0 Å². The van der Waals surface area contributed by atoms with E-state index in [1.165, 1.54) is 23.5 Å². The van der Waals surface area contributed by atoms with Crippen molar-refractivity contribution in [3.63, 3.8) is 0 Å². The van der Waals surface area contributed by atoms with Crippen LogP contribution in [0.4, 0.5) is 9.52 Å². The van der Waals surface area contributed by atoms with Gasteiger partial charge in [-0.3, -0.25) is 10.1 Å². The van der Waals surface area contributed by atoms with Crippen molar-refractivity contribution in [1.82, 2.24) is 4.98 Å². The summed E-state index contributed by atoms with van der Waals surface area (Å²) in [4.78, 5) is 17.8. The van der Waals surface area contributed by atoms with Gasteiger partial charge in [-0.2, -0.15) is 0 Å². The van der Waals surface area contributed by atoms with Crippen LogP contribution in [0, 0.1) is 5.82 Å². The lowest BCUT2D eigenvalue weighted by atomic mass is 10.1. The smallest absolute Gasteiger partial charge is 0.257 e. The molecule has 0 fully saturated rings. The Bertz CT molecular complexity index is 1010. The number of hydrogen-bond acceptors (Lipinski definition) is 7. The third-order valence-corrected chi connectivity index (χ3v) is 5.05. The Balaban J connectivity index is 1.67. The molecule has 1 aromatic heterocycles. The van der Waals surface area contributed by atoms with E-state index in [2.05, 4.69) is 10.3 Å². The topological polar surface area (TPSA) is 89.9 Å². The van der Waals surface area contributed by atoms with Gasteiger partial charge in [0, 0.05) is 30.2 Å². The van der Waals surface area contributed by atoms with Gasteiger partial charge in [-0.15, -0.1) is 11.3 Å². The number of hydrogen-bond donors (Lipinski definition) is 2. The summed E-state index contributed by atoms with van der Waals surface area (Å²) in [6, 6.07) is 11.2. The third-order valence-electron chi connectivity index (χ3n) is 4.14. The van der Waals surface area contributed by atoms with Crippen molar-refractivity contribution in [2.24, 2.45) is 0 Å². The number of carbonyl (C=O) groups excluding carboxylic acids is 1. The summed E-state index contributed by atoms with van der Waals surface area (Å²) in [5.74, 6) is 0.158. The number of carbonyl (C=O) groups is 1. The number of benzene rings is 2. The van der Waals surface area contributed by atoms with Crippen molar-refractivity contribution in [3.05, 3.63) is 70.5 Å². The number of nitrogens with zero attached hydrogens (tertiary/aromatic N) is 1. The van der Waals surface area contributed by atoms with Crippen molar-refractivity contribution in [3.8, 4) is 11.5 Å². The van der Waals surface area contributed by atoms with Crippen LogP contribution in [0.25, 0.3) is 0 Å². The zero-order valence-electron chi connectivity index (χ0n) is 17.0. The summed E-state index contributed by atoms with van der Waals surface area (Å²) in [7, 11) is 1.57. The van der Waals surface area contributed by atoms with Crippen LogP contribution in [0.5, 0.6) is 11.5 Å². The molecule has 0 unspecified atom stereocenters. The average Bonchev–Trinajstić information content (AvgIpc) is 3.19. The minimum atomic E-state index is -0.357. The number of thiazole rings is 1. The molecular weight excluding hydrogens is 423 g/mol. The van der Waals surface area contributed by atoms with Crippen molar-refractivity contribution in [1.29, 1.82) is 0 Å². The number of aromatic nitrogens is 1. The Morgan fingerprint density at radius 1 is 1.13 bits per heavy atom. The first-order valence-corrected chi connectivity index (χ1v) is 10.4. The van der Waals surface area contributed by atoms with Crippen molar-refractivity contribution in [2.75, 3.05) is 38.9 Å². The van der Waals surface area contributed by atoms with Crippen molar-refractivity contribution < 1.29 is 28.5 Å². The van der Waals surface area contributed by atoms with Crippen LogP contribution >= 0.6 is 11.3 Å². The minimum absolute atomic E-state index is 0.0711. The summed E-state index contributed by atoms with van der Waals surface area (Å²) in [6.45, 7) is 0.636. The first-order valence-electron chi connectivity index (χ1n) is 9.59. The highest BCUT2D eigenvalue weighted by molar-refractivity contribution is 7.15. The molecule has 2 N–H and O–H groups in total. The molecule has 0 aliphatic carbocycles. The highest BCUT2D eigenvalue weighted by Gasteiger charge is 2.14. The number of amides is 1. The number of anilines is 1. The SMILES string of the molecule is COCCOc1ccc(C(=O)Nc2ncc(Cc3cccc(F)c3)s2)cc1OCCO. The van der Waals surface area contributed by atoms with Crippen molar-refractivity contribution >= 4 is 22.4 Å². The van der Waals surface area contributed by atoms with Crippen LogP contribution in [0.2, 0.25) is 0 Å². The van der Waals surface area contributed by atoms with Gasteiger partial charge in [-0.25, -0.2) is 9.37 Å². The normalized spacial score (nSPS) is 10.7. The monoisotopic (exact) mass is 446 g/mol. The second-order valence-electron chi connectivity index (χ2n) is 6.47. The van der Waals surface area contributed by atoms with Crippen LogP contribution in [-0.4, -0.2) is 49.5 Å². The van der Waals surface area contributed by atoms with E-state index in [-0.39, 0.29) is 24.9 Å². The molecule has 0 saturated carbocycles. The molecule has 9 heteroatoms. The fourth-order valence-electron chi connectivity index (χ4n) is 2.74. The lowest BCUT2D eigenvalue weighted by Crippen LogP contribution is -2.13. The maximum atomic E-state index is 13.4. The number of methoxy groups -OCH3 is 1. The second kappa shape index (κ2) is 11.4. The predicted octanol–water partition coefficient (Wildman–Crippen LogP) is 3.52. The first kappa shape index (κ1) is 22.7. The molecule has 0 spiro atoms. The third kappa shape index (κ3) is 6.74. The van der Waals surface area contributed by atoms with Gasteiger partial charge in [-0.05, 0) is 35.9 Å². The van der Waals surface area contributed by atoms with E-state index in [1.807, 2.05) is 6.07 Å². The van der Waals surface area contributed by atoms with E-state index in [4.69, 9.17) is 19.3 Å². The Hall–Kier alpha value is -3.01. The van der Waals surface area contributed by atoms with E-state index < -0.39 is 0 Å². The number of nitrogens with one attached hydrogen (secondary N) is 1. The molecule has 1 heterocycles. The van der Waals surface area contributed by atoms with Crippen molar-refractivity contribution in [2.45, 2.75) is 6.42 Å². The summed E-state index contributed by atoms with van der Waals surface area (Å²) in [5.41, 5.74) is 1.19. The van der Waals surface area contributed by atoms with Crippen LogP contribution in [-0.2, 0) is 11.2 Å². The average molecular weight is 447 g/mol. The Kier molecular flexibility index (Phi) is 8.34. The first-order chi connectivity index (χ1) is 15.1. The standard InChI is InChI=1S/C22H23FN2O5S/c1-28-9-10-30-19-6-5-16(13-20(19)29-8-7-26)21(27)25-22-24-14-18(31-22)12-15-3-2-4-17(23)11-15/h2-6,11,13-14,26H,7-10,12H2,1H3,(H,24,25,27). The number of aliphatic hydroxyl groups excluding tert-OH is 1. The van der Waals surface area contributed by atoms with E-state index in [9.17, 15) is 9.18 Å². The van der Waals surface area contributed by atoms with Crippen LogP contribution in [0.3, 0.4) is 0 Å². The lowest BCUT2D eigenvalue weighted by molar-refractivity contribution is 0.102. The molecule has 2 aromatic carbocycles. The summed E-state index contributed by atoms with van der Waals surface area (Å²) >= 11 is 1.32. The number of aliphatic hydroxyl groups is 1. The molecule has 0 aliphatic heterocycles. The molecule has 3 aromatic rings. The van der Waals surface area contributed by atoms with Gasteiger partial charge < -0.3 is 19.3 Å². The Morgan fingerprint density at radius 2 is 1.97 bits per heavy atom. The van der Waals surface area contributed by atoms with E-state index in [0.29, 0.717) is 41.8 Å². The zero-order chi connectivity index (χ0) is 22.1. The van der Waals surface area contributed by atoms with Gasteiger partial charge >= 0.3 is 0 Å². The fourth-order valence-corrected chi connectivity index (χ4v) is 3.58. The second-order valence-corrected chi connectivity index (χ2v) is 7.58. The zero-order valence-corrected chi connectivity index (χ0v) is 17.8. The molecular formula is C22H23FN2O5S. The van der Waals surface area contributed by atoms with Gasteiger partial charge in [0.2, 0.25) is 0 Å². The fraction of sp³-hybridized carbons (Fsp3) is 0.273.